The van der Waals surface area contributed by atoms with E-state index in [1.165, 1.54) is 82.8 Å². The molecular weight excluding hydrogens is 1520 g/mol. The molecule has 0 radical (unpaired) electrons. The number of ether oxygens (including phenoxy) is 12. The number of hydrogen-bond donors (Lipinski definition) is 4. The summed E-state index contributed by atoms with van der Waals surface area (Å²) in [4.78, 5) is 56.7. The summed E-state index contributed by atoms with van der Waals surface area (Å²) in [6.07, 6.45) is -20.7. The number of rotatable bonds is 28. The van der Waals surface area contributed by atoms with Gasteiger partial charge in [0.2, 0.25) is 0 Å². The maximum atomic E-state index is 13.1. The monoisotopic (exact) mass is 1700 g/mol. The second-order valence-corrected chi connectivity index (χ2v) is 34.2. The summed E-state index contributed by atoms with van der Waals surface area (Å²) in [5.41, 5.74) is 26.9. The van der Waals surface area contributed by atoms with Crippen molar-refractivity contribution in [1.82, 2.24) is 19.6 Å². The first-order valence-electron chi connectivity index (χ1n) is 56.6. The topological polar surface area (TPSA) is 296 Å². The molecule has 4 saturated heterocycles. The minimum atomic E-state index is -3.02. The van der Waals surface area contributed by atoms with E-state index in [1.54, 1.807) is 129 Å². The molecule has 4 aromatic rings. The van der Waals surface area contributed by atoms with Crippen LogP contribution in [-0.2, 0) is 63.8 Å². The predicted octanol–water partition coefficient (Wildman–Crippen LogP) is 14.3. The summed E-state index contributed by atoms with van der Waals surface area (Å²) < 4.78 is 332. The van der Waals surface area contributed by atoms with Gasteiger partial charge in [-0.2, -0.15) is 0 Å². The third kappa shape index (κ3) is 23.8. The van der Waals surface area contributed by atoms with Crippen LogP contribution in [0.4, 0.5) is 0 Å². The van der Waals surface area contributed by atoms with Gasteiger partial charge in [-0.25, -0.2) is 0 Å². The average Bonchev–Trinajstić information content (AvgIpc) is 0.681. The minimum absolute atomic E-state index is 0.00169. The fraction of sp³-hybridized carbons (Fsp3) is 0.708. The van der Waals surface area contributed by atoms with Crippen LogP contribution < -0.4 is 60.8 Å². The van der Waals surface area contributed by atoms with Crippen molar-refractivity contribution in [3.63, 3.8) is 0 Å². The fourth-order valence-electron chi connectivity index (χ4n) is 14.7. The number of piperidine rings is 4. The molecule has 16 atom stereocenters. The fourth-order valence-corrected chi connectivity index (χ4v) is 14.7. The van der Waals surface area contributed by atoms with Gasteiger partial charge in [0.25, 0.3) is 0 Å². The molecule has 0 aliphatic carbocycles. The number of fused-ring (bicyclic) bond motifs is 12. The summed E-state index contributed by atoms with van der Waals surface area (Å²) in [6.45, 7) is 17.1. The van der Waals surface area contributed by atoms with Crippen LogP contribution in [0.25, 0.3) is 0 Å². The first-order valence-corrected chi connectivity index (χ1v) is 41.6. The Morgan fingerprint density at radius 3 is 0.867 bits per heavy atom. The van der Waals surface area contributed by atoms with E-state index in [0.29, 0.717) is 57.9 Å². The molecule has 0 aromatic heterocycles. The van der Waals surface area contributed by atoms with Crippen LogP contribution in [0.3, 0.4) is 0 Å². The zero-order chi connectivity index (χ0) is 115. The van der Waals surface area contributed by atoms with Gasteiger partial charge >= 0.3 is 23.9 Å². The van der Waals surface area contributed by atoms with Gasteiger partial charge in [0, 0.05) is 153 Å². The van der Waals surface area contributed by atoms with Gasteiger partial charge in [-0.05, 0) is 192 Å². The van der Waals surface area contributed by atoms with Crippen LogP contribution in [0, 0.1) is 70.9 Å². The van der Waals surface area contributed by atoms with Crippen molar-refractivity contribution in [1.29, 1.82) is 0 Å². The molecule has 0 saturated carbocycles. The number of carbonyl (C=O) groups excluding carboxylic acids is 4. The van der Waals surface area contributed by atoms with Crippen LogP contribution >= 0.6 is 0 Å². The highest BCUT2D eigenvalue weighted by molar-refractivity contribution is 5.77. The normalized spacial score (nSPS) is 37.0. The van der Waals surface area contributed by atoms with Crippen molar-refractivity contribution in [3.05, 3.63) is 93.0 Å². The van der Waals surface area contributed by atoms with Crippen molar-refractivity contribution < 1.29 is 117 Å². The van der Waals surface area contributed by atoms with Crippen molar-refractivity contribution in [3.8, 4) is 46.0 Å². The number of nitrogens with two attached hydrogens (primary N) is 4. The number of carbonyl (C=O) groups is 4. The van der Waals surface area contributed by atoms with Crippen LogP contribution in [0.15, 0.2) is 48.5 Å². The molecule has 8 aliphatic rings. The minimum Gasteiger partial charge on any atom is -0.493 e. The van der Waals surface area contributed by atoms with E-state index in [0.717, 1.165) is 9.80 Å². The molecule has 4 fully saturated rings. The van der Waals surface area contributed by atoms with E-state index < -0.39 is 192 Å². The molecule has 0 spiro atoms. The first-order chi connectivity index (χ1) is 68.3. The molecule has 8 heterocycles. The summed E-state index contributed by atoms with van der Waals surface area (Å²) in [7, 11) is 2.80. The van der Waals surface area contributed by atoms with E-state index in [2.05, 4.69) is 0 Å². The Kier molecular flexibility index (Phi) is 22.7. The number of nitrogens with zero attached hydrogens (tertiary/aromatic N) is 4. The molecule has 12 rings (SSSR count). The van der Waals surface area contributed by atoms with E-state index in [1.807, 2.05) is 0 Å². The quantitative estimate of drug-likeness (QED) is 0.0303. The molecule has 8 N–H and O–H groups in total. The van der Waals surface area contributed by atoms with Crippen LogP contribution in [0.2, 0.25) is 0 Å². The van der Waals surface area contributed by atoms with Gasteiger partial charge in [-0.1, -0.05) is 111 Å². The maximum absolute atomic E-state index is 13.1. The van der Waals surface area contributed by atoms with E-state index in [4.69, 9.17) is 99.0 Å². The molecule has 672 valence electrons. The third-order valence-corrected chi connectivity index (χ3v) is 21.7. The van der Waals surface area contributed by atoms with Crippen molar-refractivity contribution >= 4 is 23.9 Å². The number of benzene rings is 4. The lowest BCUT2D eigenvalue weighted by Gasteiger charge is -2.47. The molecule has 24 nitrogen and oxygen atoms in total. The molecule has 120 heavy (non-hydrogen) atoms. The lowest BCUT2D eigenvalue weighted by molar-refractivity contribution is -0.161. The Hall–Kier alpha value is -7.16. The second kappa shape index (κ2) is 43.9. The Morgan fingerprint density at radius 1 is 0.350 bits per heavy atom. The Bertz CT molecular complexity index is 5510. The molecule has 0 amide bonds. The van der Waals surface area contributed by atoms with Gasteiger partial charge in [0.1, 0.15) is 48.5 Å². The Labute approximate surface area is 760 Å². The van der Waals surface area contributed by atoms with Crippen molar-refractivity contribution in [2.75, 3.05) is 109 Å². The van der Waals surface area contributed by atoms with Crippen molar-refractivity contribution in [2.24, 2.45) is 93.9 Å². The zero-order valence-electron chi connectivity index (χ0n) is 104. The smallest absolute Gasteiger partial charge is 0.323 e. The number of methoxy groups -OCH3 is 8. The van der Waals surface area contributed by atoms with Gasteiger partial charge in [0.05, 0.1) is 70.4 Å². The molecule has 0 bridgehead atoms. The van der Waals surface area contributed by atoms with Gasteiger partial charge in [0.15, 0.2) is 46.0 Å². The molecule has 24 heteroatoms. The van der Waals surface area contributed by atoms with E-state index in [-0.39, 0.29) is 152 Å². The van der Waals surface area contributed by atoms with Crippen LogP contribution in [0.1, 0.15) is 272 Å². The summed E-state index contributed by atoms with van der Waals surface area (Å²) in [5.74, 6) is -15.0. The summed E-state index contributed by atoms with van der Waals surface area (Å²) in [5, 5.41) is 0. The van der Waals surface area contributed by atoms with Gasteiger partial charge in [-0.3, -0.25) is 38.8 Å². The van der Waals surface area contributed by atoms with Crippen LogP contribution in [0.5, 0.6) is 46.0 Å². The first kappa shape index (κ1) is 62.0. The molecular formula is C96H152N8O16. The largest absolute Gasteiger partial charge is 0.493 e. The highest BCUT2D eigenvalue weighted by atomic mass is 16.6. The van der Waals surface area contributed by atoms with E-state index >= 15 is 0 Å². The van der Waals surface area contributed by atoms with Crippen molar-refractivity contribution in [2.45, 2.75) is 260 Å². The predicted molar refractivity (Wildman–Crippen MR) is 471 cm³/mol. The molecule has 12 unspecified atom stereocenters. The second-order valence-electron chi connectivity index (χ2n) is 34.2. The van der Waals surface area contributed by atoms with E-state index in [9.17, 15) is 41.1 Å². The van der Waals surface area contributed by atoms with Gasteiger partial charge < -0.3 is 79.8 Å². The number of esters is 4. The third-order valence-electron chi connectivity index (χ3n) is 21.7. The standard InChI is InChI=1S/4C24H38N2O4/c4*1-14(2)9-17-13-26-8-7-16-10-21(28-5)22(29-6)11-18(16)19(26)12-20(17)30-24(27)23(25)15(3)4/h4*10-11,14-15,17,19-20,23H,7-9,12-13,25H2,1-6H3/t4*17?,19?,20?,23-/m0000/s1/i5D3,12D2,13D2,17D,20D;5D3,12D2,13D2,17D,19D;12D2,13D2,17D,20D;12D2,13D2,17D,19D. The summed E-state index contributed by atoms with van der Waals surface area (Å²) in [6, 6.07) is -0.400. The number of hydrogen-bond acceptors (Lipinski definition) is 24. The highest BCUT2D eigenvalue weighted by Gasteiger charge is 2.47. The van der Waals surface area contributed by atoms with Gasteiger partial charge in [-0.15, -0.1) is 0 Å². The molecule has 8 aliphatic heterocycles. The van der Waals surface area contributed by atoms with Crippen LogP contribution in [-0.4, -0.2) is 201 Å². The average molecular weight is 1700 g/mol. The molecule has 4 aromatic carbocycles. The lowest BCUT2D eigenvalue weighted by Crippen LogP contribution is -2.51. The SMILES string of the molecule is [2H]C([2H])([2H])Oc1cc2c(cc1OC)C1([2H])N(CC2)C([2H])([2H])C([2H])(CC(C)C)C(OC(=O)[C@@H](N)C(C)C)C1([2H])[2H].[2H]C([2H])([2H])Oc1cc2c(cc1OC)C1N(CC2)C([2H])([2H])C([2H])(CC(C)C)C([2H])(OC(=O)[C@@H](N)C(C)C)C1([2H])[2H].[2H]C1([2H])C(OC(=O)[C@@H](N)C(C)C)C([2H])(CC(C)C)C([2H])([2H])N2CCc3cc(OC)c(OC)cc3C21[2H].[2H]C1([2H])C2c3cc(OC)c(OC)cc3CCN2C([2H])([2H])C([2H])(CC(C)C)C1([2H])OC(=O)[C@@H](N)C(C)C. The zero-order valence-corrected chi connectivity index (χ0v) is 74.0. The lowest BCUT2D eigenvalue weighted by atomic mass is 9.79. The highest BCUT2D eigenvalue weighted by Crippen LogP contribution is 2.50. The summed E-state index contributed by atoms with van der Waals surface area (Å²) >= 11 is 0. The Morgan fingerprint density at radius 2 is 0.592 bits per heavy atom. The Balaban J connectivity index is 0.000000222. The maximum Gasteiger partial charge on any atom is 0.323 e.